The molecule has 2 atom stereocenters. The van der Waals surface area contributed by atoms with Crippen LogP contribution in [0.4, 0.5) is 0 Å². The van der Waals surface area contributed by atoms with Gasteiger partial charge < -0.3 is 11.5 Å². The van der Waals surface area contributed by atoms with Crippen molar-refractivity contribution in [2.75, 3.05) is 18.1 Å². The molecule has 0 aromatic carbocycles. The van der Waals surface area contributed by atoms with Crippen LogP contribution in [0, 0.1) is 0 Å². The van der Waals surface area contributed by atoms with Crippen LogP contribution in [0.25, 0.3) is 0 Å². The Bertz CT molecular complexity index is 417. The highest BCUT2D eigenvalue weighted by molar-refractivity contribution is 7.91. The number of sulfone groups is 1. The first-order chi connectivity index (χ1) is 8.39. The number of nitrogens with two attached hydrogens (primary N) is 2. The maximum absolute atomic E-state index is 11.6. The normalized spacial score (nSPS) is 32.1. The van der Waals surface area contributed by atoms with E-state index in [2.05, 4.69) is 0 Å². The number of carbonyl (C=O) groups is 1. The zero-order valence-corrected chi connectivity index (χ0v) is 11.2. The Morgan fingerprint density at radius 2 is 1.83 bits per heavy atom. The SMILES string of the molecule is NC(=O)CN(C1CCCC1)C1CS(=O)(=O)CC1N. The summed E-state index contributed by atoms with van der Waals surface area (Å²) in [5, 5.41) is 0. The van der Waals surface area contributed by atoms with Crippen molar-refractivity contribution in [1.29, 1.82) is 0 Å². The van der Waals surface area contributed by atoms with Crippen molar-refractivity contribution in [3.05, 3.63) is 0 Å². The maximum Gasteiger partial charge on any atom is 0.231 e. The predicted octanol–water partition coefficient (Wildman–Crippen LogP) is -1.16. The zero-order chi connectivity index (χ0) is 13.3. The van der Waals surface area contributed by atoms with Crippen molar-refractivity contribution in [3.8, 4) is 0 Å². The minimum absolute atomic E-state index is 0.0135. The average Bonchev–Trinajstić information content (AvgIpc) is 2.82. The first-order valence-electron chi connectivity index (χ1n) is 6.39. The lowest BCUT2D eigenvalue weighted by Gasteiger charge is -2.34. The van der Waals surface area contributed by atoms with E-state index in [4.69, 9.17) is 11.5 Å². The summed E-state index contributed by atoms with van der Waals surface area (Å²) in [5.74, 6) is -0.351. The zero-order valence-electron chi connectivity index (χ0n) is 10.4. The molecule has 18 heavy (non-hydrogen) atoms. The van der Waals surface area contributed by atoms with Gasteiger partial charge in [0.2, 0.25) is 5.91 Å². The van der Waals surface area contributed by atoms with Gasteiger partial charge in [0.15, 0.2) is 9.84 Å². The van der Waals surface area contributed by atoms with Crippen LogP contribution in [0.1, 0.15) is 25.7 Å². The molecule has 104 valence electrons. The second-order valence-corrected chi connectivity index (χ2v) is 7.54. The highest BCUT2D eigenvalue weighted by atomic mass is 32.2. The van der Waals surface area contributed by atoms with Gasteiger partial charge in [-0.1, -0.05) is 12.8 Å². The van der Waals surface area contributed by atoms with E-state index >= 15 is 0 Å². The summed E-state index contributed by atoms with van der Waals surface area (Å²) < 4.78 is 23.3. The van der Waals surface area contributed by atoms with E-state index in [0.29, 0.717) is 0 Å². The highest BCUT2D eigenvalue weighted by Crippen LogP contribution is 2.28. The molecular formula is C11H21N3O3S. The van der Waals surface area contributed by atoms with Gasteiger partial charge in [-0.3, -0.25) is 9.69 Å². The van der Waals surface area contributed by atoms with E-state index < -0.39 is 21.8 Å². The van der Waals surface area contributed by atoms with E-state index in [1.54, 1.807) is 0 Å². The van der Waals surface area contributed by atoms with Gasteiger partial charge in [-0.05, 0) is 12.8 Å². The summed E-state index contributed by atoms with van der Waals surface area (Å²) >= 11 is 0. The van der Waals surface area contributed by atoms with E-state index in [9.17, 15) is 13.2 Å². The van der Waals surface area contributed by atoms with Crippen LogP contribution in [0.3, 0.4) is 0 Å². The number of carbonyl (C=O) groups excluding carboxylic acids is 1. The van der Waals surface area contributed by atoms with Gasteiger partial charge in [0.05, 0.1) is 18.1 Å². The molecular weight excluding hydrogens is 254 g/mol. The number of amides is 1. The molecule has 2 fully saturated rings. The fourth-order valence-corrected chi connectivity index (χ4v) is 5.03. The third-order valence-corrected chi connectivity index (χ3v) is 5.67. The second-order valence-electron chi connectivity index (χ2n) is 5.39. The Hall–Kier alpha value is -0.660. The number of nitrogens with zero attached hydrogens (tertiary/aromatic N) is 1. The van der Waals surface area contributed by atoms with Crippen molar-refractivity contribution < 1.29 is 13.2 Å². The van der Waals surface area contributed by atoms with Crippen molar-refractivity contribution in [2.24, 2.45) is 11.5 Å². The van der Waals surface area contributed by atoms with Gasteiger partial charge in [-0.2, -0.15) is 0 Å². The van der Waals surface area contributed by atoms with E-state index in [1.165, 1.54) is 0 Å². The van der Waals surface area contributed by atoms with Crippen LogP contribution < -0.4 is 11.5 Å². The molecule has 2 aliphatic rings. The summed E-state index contributed by atoms with van der Waals surface area (Å²) in [7, 11) is -3.07. The van der Waals surface area contributed by atoms with Gasteiger partial charge >= 0.3 is 0 Å². The predicted molar refractivity (Wildman–Crippen MR) is 68.6 cm³/mol. The van der Waals surface area contributed by atoms with Crippen LogP contribution in [0.15, 0.2) is 0 Å². The van der Waals surface area contributed by atoms with Gasteiger partial charge in [-0.25, -0.2) is 8.42 Å². The fraction of sp³-hybridized carbons (Fsp3) is 0.909. The number of primary amides is 1. The molecule has 0 aromatic heterocycles. The highest BCUT2D eigenvalue weighted by Gasteiger charge is 2.42. The second kappa shape index (κ2) is 5.14. The molecule has 0 bridgehead atoms. The van der Waals surface area contributed by atoms with Crippen molar-refractivity contribution in [1.82, 2.24) is 4.90 Å². The summed E-state index contributed by atoms with van der Waals surface area (Å²) in [4.78, 5) is 13.1. The molecule has 6 nitrogen and oxygen atoms in total. The van der Waals surface area contributed by atoms with Crippen molar-refractivity contribution in [2.45, 2.75) is 43.8 Å². The molecule has 1 saturated heterocycles. The van der Waals surface area contributed by atoms with Gasteiger partial charge in [0.1, 0.15) is 0 Å². The largest absolute Gasteiger partial charge is 0.369 e. The summed E-state index contributed by atoms with van der Waals surface area (Å²) in [6, 6.07) is -0.414. The molecule has 1 heterocycles. The molecule has 0 radical (unpaired) electrons. The minimum Gasteiger partial charge on any atom is -0.369 e. The van der Waals surface area contributed by atoms with Gasteiger partial charge in [0, 0.05) is 18.1 Å². The van der Waals surface area contributed by atoms with Gasteiger partial charge in [-0.15, -0.1) is 0 Å². The molecule has 0 spiro atoms. The average molecular weight is 275 g/mol. The van der Waals surface area contributed by atoms with Crippen molar-refractivity contribution in [3.63, 3.8) is 0 Å². The fourth-order valence-electron chi connectivity index (χ4n) is 3.13. The molecule has 1 aliphatic heterocycles. The lowest BCUT2D eigenvalue weighted by atomic mass is 10.1. The number of hydrogen-bond acceptors (Lipinski definition) is 5. The lowest BCUT2D eigenvalue weighted by molar-refractivity contribution is -0.120. The van der Waals surface area contributed by atoms with Crippen LogP contribution >= 0.6 is 0 Å². The standard InChI is InChI=1S/C11H21N3O3S/c12-9-6-18(16,17)7-10(9)14(5-11(13)15)8-3-1-2-4-8/h8-10H,1-7,12H2,(H2,13,15). The van der Waals surface area contributed by atoms with E-state index in [1.807, 2.05) is 4.90 Å². The molecule has 1 saturated carbocycles. The van der Waals surface area contributed by atoms with Crippen LogP contribution in [0.2, 0.25) is 0 Å². The Balaban J connectivity index is 2.15. The Kier molecular flexibility index (Phi) is 3.93. The van der Waals surface area contributed by atoms with Crippen molar-refractivity contribution >= 4 is 15.7 Å². The van der Waals surface area contributed by atoms with Crippen LogP contribution in [0.5, 0.6) is 0 Å². The number of rotatable bonds is 4. The summed E-state index contributed by atoms with van der Waals surface area (Å²) in [6.45, 7) is 0.110. The van der Waals surface area contributed by atoms with E-state index in [-0.39, 0.29) is 30.1 Å². The number of hydrogen-bond donors (Lipinski definition) is 2. The third-order valence-electron chi connectivity index (χ3n) is 3.92. The topological polar surface area (TPSA) is 106 Å². The molecule has 7 heteroatoms. The maximum atomic E-state index is 11.6. The monoisotopic (exact) mass is 275 g/mol. The summed E-state index contributed by atoms with van der Waals surface area (Å²) in [6.07, 6.45) is 4.23. The van der Waals surface area contributed by atoms with E-state index in [0.717, 1.165) is 25.7 Å². The molecule has 2 rings (SSSR count). The Morgan fingerprint density at radius 1 is 1.22 bits per heavy atom. The quantitative estimate of drug-likeness (QED) is 0.673. The smallest absolute Gasteiger partial charge is 0.231 e. The molecule has 4 N–H and O–H groups in total. The van der Waals surface area contributed by atoms with Gasteiger partial charge in [0.25, 0.3) is 0 Å². The Labute approximate surface area is 108 Å². The molecule has 1 aliphatic carbocycles. The molecule has 2 unspecified atom stereocenters. The lowest BCUT2D eigenvalue weighted by Crippen LogP contribution is -2.53. The first-order valence-corrected chi connectivity index (χ1v) is 8.21. The molecule has 1 amide bonds. The minimum atomic E-state index is -3.07. The van der Waals surface area contributed by atoms with Crippen LogP contribution in [-0.4, -0.2) is 55.4 Å². The molecule has 0 aromatic rings. The Morgan fingerprint density at radius 3 is 2.28 bits per heavy atom. The first kappa shape index (κ1) is 13.8. The third kappa shape index (κ3) is 3.02. The summed E-state index contributed by atoms with van der Waals surface area (Å²) in [5.41, 5.74) is 11.2. The van der Waals surface area contributed by atoms with Crippen LogP contribution in [-0.2, 0) is 14.6 Å².